The molecule has 0 spiro atoms. The Bertz CT molecular complexity index is 1110. The Hall–Kier alpha value is -1.82. The monoisotopic (exact) mass is 671 g/mol. The second-order valence-electron chi connectivity index (χ2n) is 17.3. The van der Waals surface area contributed by atoms with Crippen molar-refractivity contribution in [1.29, 1.82) is 0 Å². The first-order valence-electron chi connectivity index (χ1n) is 21.2. The molecule has 0 aromatic rings. The average molecular weight is 671 g/mol. The van der Waals surface area contributed by atoms with E-state index in [0.717, 1.165) is 18.8 Å². The maximum absolute atomic E-state index is 4.15. The summed E-state index contributed by atoms with van der Waals surface area (Å²) >= 11 is 0. The van der Waals surface area contributed by atoms with E-state index in [1.165, 1.54) is 127 Å². The smallest absolute Gasteiger partial charge is 0.000853 e. The molecule has 0 heterocycles. The molecule has 0 N–H and O–H groups in total. The van der Waals surface area contributed by atoms with Crippen LogP contribution in [0.15, 0.2) is 84.6 Å². The number of rotatable bonds is 25. The van der Waals surface area contributed by atoms with Crippen LogP contribution in [0.5, 0.6) is 0 Å². The Morgan fingerprint density at radius 1 is 0.816 bits per heavy atom. The molecule has 0 aromatic heterocycles. The lowest BCUT2D eigenvalue weighted by atomic mass is 9.65. The Morgan fingerprint density at radius 3 is 2.00 bits per heavy atom. The van der Waals surface area contributed by atoms with Crippen LogP contribution in [0.3, 0.4) is 0 Å². The van der Waals surface area contributed by atoms with Crippen molar-refractivity contribution in [3.05, 3.63) is 84.6 Å². The van der Waals surface area contributed by atoms with Gasteiger partial charge in [0.05, 0.1) is 0 Å². The molecule has 0 bridgehead atoms. The van der Waals surface area contributed by atoms with Crippen LogP contribution >= 0.6 is 0 Å². The van der Waals surface area contributed by atoms with Crippen LogP contribution in [0.1, 0.15) is 191 Å². The molecule has 2 aliphatic carbocycles. The summed E-state index contributed by atoms with van der Waals surface area (Å²) in [4.78, 5) is 0. The van der Waals surface area contributed by atoms with E-state index >= 15 is 0 Å². The van der Waals surface area contributed by atoms with Crippen molar-refractivity contribution in [3.8, 4) is 0 Å². The van der Waals surface area contributed by atoms with Gasteiger partial charge in [-0.05, 0) is 122 Å². The molecule has 0 aromatic carbocycles. The van der Waals surface area contributed by atoms with Gasteiger partial charge in [-0.1, -0.05) is 181 Å². The molecular weight excluding hydrogens is 589 g/mol. The van der Waals surface area contributed by atoms with Gasteiger partial charge >= 0.3 is 0 Å². The molecule has 3 unspecified atom stereocenters. The Morgan fingerprint density at radius 2 is 1.45 bits per heavy atom. The second-order valence-corrected chi connectivity index (χ2v) is 17.3. The molecule has 2 rings (SSSR count). The zero-order valence-corrected chi connectivity index (χ0v) is 34.4. The van der Waals surface area contributed by atoms with Gasteiger partial charge in [-0.3, -0.25) is 0 Å². The molecule has 0 heteroatoms. The molecule has 0 radical (unpaired) electrons. The number of hydrogen-bond donors (Lipinski definition) is 0. The van der Waals surface area contributed by atoms with Crippen molar-refractivity contribution in [1.82, 2.24) is 0 Å². The summed E-state index contributed by atoms with van der Waals surface area (Å²) in [6.07, 6.45) is 46.9. The third-order valence-corrected chi connectivity index (χ3v) is 13.8. The van der Waals surface area contributed by atoms with Crippen molar-refractivity contribution in [2.24, 2.45) is 33.5 Å². The minimum Gasteiger partial charge on any atom is -0.0988 e. The predicted molar refractivity (Wildman–Crippen MR) is 223 cm³/mol. The zero-order valence-electron chi connectivity index (χ0n) is 34.4. The second kappa shape index (κ2) is 21.5. The van der Waals surface area contributed by atoms with Gasteiger partial charge in [0, 0.05) is 5.92 Å². The quantitative estimate of drug-likeness (QED) is 0.0515. The van der Waals surface area contributed by atoms with Gasteiger partial charge in [-0.15, -0.1) is 0 Å². The van der Waals surface area contributed by atoms with Crippen molar-refractivity contribution in [2.45, 2.75) is 191 Å². The minimum atomic E-state index is 0.307. The largest absolute Gasteiger partial charge is 0.0988 e. The van der Waals surface area contributed by atoms with E-state index in [2.05, 4.69) is 118 Å². The highest BCUT2D eigenvalue weighted by molar-refractivity contribution is 5.34. The van der Waals surface area contributed by atoms with Crippen LogP contribution in [0.4, 0.5) is 0 Å². The fourth-order valence-corrected chi connectivity index (χ4v) is 9.62. The summed E-state index contributed by atoms with van der Waals surface area (Å²) in [6, 6.07) is 0. The van der Waals surface area contributed by atoms with Crippen LogP contribution in [0.25, 0.3) is 0 Å². The summed E-state index contributed by atoms with van der Waals surface area (Å²) in [5, 5.41) is 0. The van der Waals surface area contributed by atoms with Crippen molar-refractivity contribution >= 4 is 0 Å². The lowest BCUT2D eigenvalue weighted by Gasteiger charge is -2.39. The molecule has 49 heavy (non-hydrogen) atoms. The van der Waals surface area contributed by atoms with E-state index in [-0.39, 0.29) is 0 Å². The van der Waals surface area contributed by atoms with Gasteiger partial charge in [-0.2, -0.15) is 0 Å². The molecule has 2 saturated carbocycles. The predicted octanol–water partition coefficient (Wildman–Crippen LogP) is 16.4. The number of hydrogen-bond acceptors (Lipinski definition) is 0. The van der Waals surface area contributed by atoms with E-state index in [1.54, 1.807) is 5.57 Å². The third kappa shape index (κ3) is 12.7. The zero-order chi connectivity index (χ0) is 36.4. The molecule has 0 aliphatic heterocycles. The van der Waals surface area contributed by atoms with Gasteiger partial charge in [0.2, 0.25) is 0 Å². The molecule has 0 saturated heterocycles. The van der Waals surface area contributed by atoms with Crippen LogP contribution in [0, 0.1) is 33.5 Å². The summed E-state index contributed by atoms with van der Waals surface area (Å²) < 4.78 is 0. The third-order valence-electron chi connectivity index (χ3n) is 13.8. The maximum Gasteiger partial charge on any atom is 0.000853 e. The van der Waals surface area contributed by atoms with E-state index in [4.69, 9.17) is 0 Å². The molecule has 0 amide bonds. The van der Waals surface area contributed by atoms with Gasteiger partial charge < -0.3 is 0 Å². The Labute approximate surface area is 307 Å². The van der Waals surface area contributed by atoms with Crippen LogP contribution in [-0.4, -0.2) is 0 Å². The Balaban J connectivity index is 2.17. The number of unbranched alkanes of at least 4 members (excludes halogenated alkanes) is 3. The average Bonchev–Trinajstić information content (AvgIpc) is 3.71. The van der Waals surface area contributed by atoms with Crippen LogP contribution < -0.4 is 0 Å². The van der Waals surface area contributed by atoms with E-state index in [1.807, 2.05) is 12.2 Å². The molecule has 0 nitrogen and oxygen atoms in total. The molecule has 2 aliphatic rings. The topological polar surface area (TPSA) is 0 Å². The highest BCUT2D eigenvalue weighted by atomic mass is 14.7. The summed E-state index contributed by atoms with van der Waals surface area (Å²) in [6.45, 7) is 30.3. The van der Waals surface area contributed by atoms with E-state index in [9.17, 15) is 0 Å². The maximum atomic E-state index is 4.15. The lowest BCUT2D eigenvalue weighted by Crippen LogP contribution is -2.30. The summed E-state index contributed by atoms with van der Waals surface area (Å²) in [7, 11) is 0. The fourth-order valence-electron chi connectivity index (χ4n) is 9.62. The molecule has 3 atom stereocenters. The van der Waals surface area contributed by atoms with E-state index < -0.39 is 0 Å². The van der Waals surface area contributed by atoms with Gasteiger partial charge in [-0.25, -0.2) is 0 Å². The van der Waals surface area contributed by atoms with Gasteiger partial charge in [0.15, 0.2) is 0 Å². The van der Waals surface area contributed by atoms with Gasteiger partial charge in [0.25, 0.3) is 0 Å². The highest BCUT2D eigenvalue weighted by Gasteiger charge is 2.66. The first kappa shape index (κ1) is 43.3. The lowest BCUT2D eigenvalue weighted by molar-refractivity contribution is 0.105. The van der Waals surface area contributed by atoms with Gasteiger partial charge in [0.1, 0.15) is 0 Å². The fraction of sp³-hybridized carbons (Fsp3) is 0.714. The standard InChI is InChI=1S/C49H82/c1-12-20-21-22-24-30-41(13-2)37-42(14-3)32-29-35-45(48(17-6,18-7)19-8)38-43(15-4)31-27-28-36-47(11)40-49(47,39-46(9,10)16-5)44-33-25-23-26-34-44/h13-14,22,24,29-30,32,35,38,44-45H,2-3,12,15-21,23,25-28,31,33-34,36-37,39-40H2,1,4-11H3/b24-22+,35-29+,41-30+,42-32+,43-38?. The normalized spacial score (nSPS) is 23.8. The first-order valence-corrected chi connectivity index (χ1v) is 21.2. The van der Waals surface area contributed by atoms with E-state index in [0.29, 0.717) is 27.6 Å². The molecule has 278 valence electrons. The molecule has 2 fully saturated rings. The van der Waals surface area contributed by atoms with Crippen molar-refractivity contribution in [2.75, 3.05) is 0 Å². The van der Waals surface area contributed by atoms with Crippen LogP contribution in [-0.2, 0) is 0 Å². The Kier molecular flexibility index (Phi) is 19.0. The SMILES string of the molecule is C=C/C(=C\C=C\CCCC)C/C(C=C)=C/C=C/C(C=C(CC)CCCCC1(C)CC1(CC(C)(C)CC)C1CCCCC1)C(CC)(CC)CC. The van der Waals surface area contributed by atoms with Crippen molar-refractivity contribution in [3.63, 3.8) is 0 Å². The molecular formula is C49H82. The summed E-state index contributed by atoms with van der Waals surface area (Å²) in [5.74, 6) is 1.43. The first-order chi connectivity index (χ1) is 23.5. The van der Waals surface area contributed by atoms with Crippen LogP contribution in [0.2, 0.25) is 0 Å². The highest BCUT2D eigenvalue weighted by Crippen LogP contribution is 2.75. The minimum absolute atomic E-state index is 0.307. The number of allylic oxidation sites excluding steroid dienone is 12. The summed E-state index contributed by atoms with van der Waals surface area (Å²) in [5.41, 5.74) is 6.11. The van der Waals surface area contributed by atoms with Crippen molar-refractivity contribution < 1.29 is 0 Å².